The molecule has 1 aromatic carbocycles. The Morgan fingerprint density at radius 2 is 2.04 bits per heavy atom. The fourth-order valence-corrected chi connectivity index (χ4v) is 4.05. The number of carbonyl (C=O) groups excluding carboxylic acids is 2. The Bertz CT molecular complexity index is 938. The third-order valence-electron chi connectivity index (χ3n) is 4.01. The van der Waals surface area contributed by atoms with Gasteiger partial charge in [-0.15, -0.1) is 11.3 Å². The molecule has 2 heterocycles. The zero-order valence-electron chi connectivity index (χ0n) is 14.8. The second-order valence-corrected chi connectivity index (χ2v) is 8.88. The number of hydrogen-bond donors (Lipinski definition) is 2. The summed E-state index contributed by atoms with van der Waals surface area (Å²) in [5.41, 5.74) is 1.98. The van der Waals surface area contributed by atoms with Gasteiger partial charge in [0.15, 0.2) is 5.13 Å². The topological polar surface area (TPSA) is 108 Å². The van der Waals surface area contributed by atoms with E-state index >= 15 is 0 Å². The molecule has 10 heteroatoms. The summed E-state index contributed by atoms with van der Waals surface area (Å²) in [4.78, 5) is 29.7. The molecular weight excluding hydrogens is 388 g/mol. The minimum absolute atomic E-state index is 0.105. The molecule has 27 heavy (non-hydrogen) atoms. The third-order valence-corrected chi connectivity index (χ3v) is 5.38. The van der Waals surface area contributed by atoms with Crippen LogP contribution >= 0.6 is 11.3 Å². The van der Waals surface area contributed by atoms with Gasteiger partial charge in [-0.1, -0.05) is 12.1 Å². The van der Waals surface area contributed by atoms with Crippen LogP contribution in [-0.4, -0.2) is 49.5 Å². The van der Waals surface area contributed by atoms with Crippen LogP contribution < -0.4 is 10.0 Å². The number of sulfonamides is 1. The normalized spacial score (nSPS) is 14.4. The summed E-state index contributed by atoms with van der Waals surface area (Å²) in [6.45, 7) is 1.15. The monoisotopic (exact) mass is 408 g/mol. The average molecular weight is 409 g/mol. The van der Waals surface area contributed by atoms with Crippen molar-refractivity contribution in [1.82, 2.24) is 9.88 Å². The Labute approximate surface area is 161 Å². The van der Waals surface area contributed by atoms with Crippen molar-refractivity contribution < 1.29 is 18.0 Å². The van der Waals surface area contributed by atoms with Crippen molar-refractivity contribution in [1.29, 1.82) is 0 Å². The first-order valence-electron chi connectivity index (χ1n) is 8.41. The highest BCUT2D eigenvalue weighted by atomic mass is 32.2. The summed E-state index contributed by atoms with van der Waals surface area (Å²) >= 11 is 1.31. The highest BCUT2D eigenvalue weighted by Crippen LogP contribution is 2.26. The number of rotatable bonds is 7. The third kappa shape index (κ3) is 5.51. The van der Waals surface area contributed by atoms with Crippen molar-refractivity contribution in [2.24, 2.45) is 0 Å². The van der Waals surface area contributed by atoms with Gasteiger partial charge in [-0.05, 0) is 18.6 Å². The van der Waals surface area contributed by atoms with Crippen LogP contribution in [0.3, 0.4) is 0 Å². The maximum atomic E-state index is 12.1. The molecule has 3 rings (SSSR count). The number of likely N-dealkylation sites (tertiary alicyclic amines) is 1. The Balaban J connectivity index is 1.56. The molecule has 1 saturated heterocycles. The molecule has 0 bridgehead atoms. The molecule has 0 saturated carbocycles. The molecule has 0 spiro atoms. The highest BCUT2D eigenvalue weighted by Gasteiger charge is 2.20. The quantitative estimate of drug-likeness (QED) is 0.730. The molecule has 1 aliphatic rings. The summed E-state index contributed by atoms with van der Waals surface area (Å²) in [5.74, 6) is -0.0727. The second kappa shape index (κ2) is 8.05. The van der Waals surface area contributed by atoms with E-state index in [1.165, 1.54) is 11.3 Å². The lowest BCUT2D eigenvalue weighted by atomic mass is 10.1. The molecule has 2 N–H and O–H groups in total. The number of aromatic nitrogens is 1. The Kier molecular flexibility index (Phi) is 5.76. The molecule has 0 atom stereocenters. The number of thiazole rings is 1. The summed E-state index contributed by atoms with van der Waals surface area (Å²) in [7, 11) is -3.31. The van der Waals surface area contributed by atoms with Crippen LogP contribution in [0, 0.1) is 0 Å². The minimum Gasteiger partial charge on any atom is -0.342 e. The highest BCUT2D eigenvalue weighted by molar-refractivity contribution is 7.92. The first-order valence-corrected chi connectivity index (χ1v) is 11.2. The molecule has 1 aromatic heterocycles. The van der Waals surface area contributed by atoms with Crippen molar-refractivity contribution in [3.05, 3.63) is 29.6 Å². The van der Waals surface area contributed by atoms with Gasteiger partial charge in [0.2, 0.25) is 21.8 Å². The summed E-state index contributed by atoms with van der Waals surface area (Å²) in [5, 5.41) is 5.06. The van der Waals surface area contributed by atoms with Crippen LogP contribution in [0.2, 0.25) is 0 Å². The van der Waals surface area contributed by atoms with Gasteiger partial charge in [0.05, 0.1) is 11.9 Å². The lowest BCUT2D eigenvalue weighted by molar-refractivity contribution is -0.128. The van der Waals surface area contributed by atoms with Crippen LogP contribution in [0.4, 0.5) is 10.8 Å². The Hall–Kier alpha value is -2.46. The fraction of sp³-hybridized carbons (Fsp3) is 0.353. The number of amides is 2. The molecular formula is C17H20N4O4S2. The predicted octanol–water partition coefficient (Wildman–Crippen LogP) is 2.13. The number of anilines is 2. The molecule has 8 nitrogen and oxygen atoms in total. The van der Waals surface area contributed by atoms with Crippen LogP contribution in [0.25, 0.3) is 11.3 Å². The van der Waals surface area contributed by atoms with Crippen LogP contribution in [0.15, 0.2) is 29.6 Å². The summed E-state index contributed by atoms with van der Waals surface area (Å²) in [6, 6.07) is 6.82. The molecule has 0 aliphatic carbocycles. The number of nitrogens with zero attached hydrogens (tertiary/aromatic N) is 2. The summed E-state index contributed by atoms with van der Waals surface area (Å²) in [6.07, 6.45) is 2.76. The van der Waals surface area contributed by atoms with E-state index in [0.29, 0.717) is 29.5 Å². The molecule has 0 unspecified atom stereocenters. The van der Waals surface area contributed by atoms with E-state index in [-0.39, 0.29) is 18.2 Å². The Morgan fingerprint density at radius 3 is 2.67 bits per heavy atom. The Morgan fingerprint density at radius 1 is 1.30 bits per heavy atom. The molecule has 2 amide bonds. The SMILES string of the molecule is CS(=O)(=O)Nc1ccc(-c2csc(NC(=O)CCN3CCCC3=O)n2)cc1. The van der Waals surface area contributed by atoms with Gasteiger partial charge in [0.25, 0.3) is 0 Å². The first kappa shape index (κ1) is 19.3. The lowest BCUT2D eigenvalue weighted by Gasteiger charge is -2.14. The molecule has 1 aliphatic heterocycles. The zero-order chi connectivity index (χ0) is 19.4. The van der Waals surface area contributed by atoms with Crippen LogP contribution in [0.1, 0.15) is 19.3 Å². The molecule has 2 aromatic rings. The van der Waals surface area contributed by atoms with Crippen molar-refractivity contribution >= 4 is 44.0 Å². The van der Waals surface area contributed by atoms with Gasteiger partial charge >= 0.3 is 0 Å². The number of hydrogen-bond acceptors (Lipinski definition) is 6. The van der Waals surface area contributed by atoms with E-state index in [9.17, 15) is 18.0 Å². The fourth-order valence-electron chi connectivity index (χ4n) is 2.75. The van der Waals surface area contributed by atoms with Gasteiger partial charge in [0.1, 0.15) is 0 Å². The predicted molar refractivity (Wildman–Crippen MR) is 105 cm³/mol. The molecule has 144 valence electrons. The smallest absolute Gasteiger partial charge is 0.229 e. The van der Waals surface area contributed by atoms with Gasteiger partial charge in [-0.25, -0.2) is 13.4 Å². The van der Waals surface area contributed by atoms with Crippen LogP contribution in [0.5, 0.6) is 0 Å². The van der Waals surface area contributed by atoms with E-state index in [0.717, 1.165) is 24.8 Å². The van der Waals surface area contributed by atoms with Gasteiger partial charge < -0.3 is 10.2 Å². The van der Waals surface area contributed by atoms with Gasteiger partial charge in [-0.3, -0.25) is 14.3 Å². The molecule has 0 radical (unpaired) electrons. The number of benzene rings is 1. The van der Waals surface area contributed by atoms with Crippen molar-refractivity contribution in [3.8, 4) is 11.3 Å². The van der Waals surface area contributed by atoms with E-state index in [1.807, 2.05) is 5.38 Å². The summed E-state index contributed by atoms with van der Waals surface area (Å²) < 4.78 is 24.9. The van der Waals surface area contributed by atoms with Crippen molar-refractivity contribution in [2.75, 3.05) is 29.4 Å². The maximum Gasteiger partial charge on any atom is 0.229 e. The van der Waals surface area contributed by atoms with Crippen molar-refractivity contribution in [2.45, 2.75) is 19.3 Å². The molecule has 1 fully saturated rings. The van der Waals surface area contributed by atoms with E-state index in [2.05, 4.69) is 15.0 Å². The number of carbonyl (C=O) groups is 2. The van der Waals surface area contributed by atoms with E-state index in [4.69, 9.17) is 0 Å². The van der Waals surface area contributed by atoms with Gasteiger partial charge in [0, 0.05) is 42.6 Å². The minimum atomic E-state index is -3.31. The second-order valence-electron chi connectivity index (χ2n) is 6.27. The number of nitrogens with one attached hydrogen (secondary N) is 2. The van der Waals surface area contributed by atoms with Gasteiger partial charge in [-0.2, -0.15) is 0 Å². The van der Waals surface area contributed by atoms with Crippen LogP contribution in [-0.2, 0) is 19.6 Å². The average Bonchev–Trinajstić information content (AvgIpc) is 3.21. The standard InChI is InChI=1S/C17H20N4O4S2/c1-27(24,25)20-13-6-4-12(5-7-13)14-11-26-17(18-14)19-15(22)8-10-21-9-2-3-16(21)23/h4-7,11,20H,2-3,8-10H2,1H3,(H,18,19,22). The van der Waals surface area contributed by atoms with E-state index < -0.39 is 10.0 Å². The lowest BCUT2D eigenvalue weighted by Crippen LogP contribution is -2.28. The maximum absolute atomic E-state index is 12.1. The van der Waals surface area contributed by atoms with Crippen molar-refractivity contribution in [3.63, 3.8) is 0 Å². The largest absolute Gasteiger partial charge is 0.342 e. The first-order chi connectivity index (χ1) is 12.8. The van der Waals surface area contributed by atoms with E-state index in [1.54, 1.807) is 29.2 Å². The zero-order valence-corrected chi connectivity index (χ0v) is 16.4.